The molecule has 2 N–H and O–H groups in total. The van der Waals surface area contributed by atoms with E-state index in [9.17, 15) is 23.1 Å². The van der Waals surface area contributed by atoms with Gasteiger partial charge in [-0.25, -0.2) is 4.39 Å². The van der Waals surface area contributed by atoms with Gasteiger partial charge in [0.25, 0.3) is 0 Å². The average molecular weight is 515 g/mol. The lowest BCUT2D eigenvalue weighted by Crippen LogP contribution is -2.53. The van der Waals surface area contributed by atoms with Gasteiger partial charge in [-0.1, -0.05) is 72.8 Å². The normalized spacial score (nSPS) is 17.8. The van der Waals surface area contributed by atoms with Crippen LogP contribution in [0.4, 0.5) is 17.6 Å². The molecule has 0 bridgehead atoms. The standard InChI is InChI=1S/C29H30F4N2O2/c30-25(27(36)22-10-5-2-6-11-22)19-26(34-20-21-8-3-1-4-9-21)35-16-14-28(37,15-17-35)23-12-7-13-24(18-23)29(31,32)33/h1-13,18,25-26,34,37H,14-17,19-20H2. The van der Waals surface area contributed by atoms with E-state index >= 15 is 4.39 Å². The van der Waals surface area contributed by atoms with Gasteiger partial charge in [0.05, 0.1) is 17.3 Å². The molecule has 196 valence electrons. The summed E-state index contributed by atoms with van der Waals surface area (Å²) in [7, 11) is 0. The van der Waals surface area contributed by atoms with Crippen molar-refractivity contribution in [2.75, 3.05) is 13.1 Å². The third-order valence-corrected chi connectivity index (χ3v) is 6.95. The molecule has 1 saturated heterocycles. The van der Waals surface area contributed by atoms with Crippen molar-refractivity contribution in [2.45, 2.75) is 49.9 Å². The minimum Gasteiger partial charge on any atom is -0.385 e. The number of ketones is 1. The van der Waals surface area contributed by atoms with Crippen LogP contribution in [0.5, 0.6) is 0 Å². The van der Waals surface area contributed by atoms with Crippen LogP contribution in [0.15, 0.2) is 84.9 Å². The third-order valence-electron chi connectivity index (χ3n) is 6.95. The molecule has 0 radical (unpaired) electrons. The molecular weight excluding hydrogens is 484 g/mol. The van der Waals surface area contributed by atoms with Crippen molar-refractivity contribution >= 4 is 5.78 Å². The lowest BCUT2D eigenvalue weighted by molar-refractivity contribution is -0.137. The minimum atomic E-state index is -4.50. The van der Waals surface area contributed by atoms with Gasteiger partial charge in [-0.05, 0) is 36.1 Å². The monoisotopic (exact) mass is 514 g/mol. The summed E-state index contributed by atoms with van der Waals surface area (Å²) in [6.45, 7) is 1.10. The summed E-state index contributed by atoms with van der Waals surface area (Å²) < 4.78 is 54.8. The number of halogens is 4. The molecule has 8 heteroatoms. The zero-order valence-electron chi connectivity index (χ0n) is 20.3. The Morgan fingerprint density at radius 3 is 2.19 bits per heavy atom. The number of nitrogens with zero attached hydrogens (tertiary/aromatic N) is 1. The Morgan fingerprint density at radius 2 is 1.57 bits per heavy atom. The van der Waals surface area contributed by atoms with Gasteiger partial charge >= 0.3 is 6.18 Å². The third kappa shape index (κ3) is 6.83. The molecule has 0 saturated carbocycles. The van der Waals surface area contributed by atoms with Crippen molar-refractivity contribution in [3.05, 3.63) is 107 Å². The van der Waals surface area contributed by atoms with Crippen molar-refractivity contribution in [3.8, 4) is 0 Å². The van der Waals surface area contributed by atoms with Crippen LogP contribution in [-0.4, -0.2) is 41.2 Å². The second-order valence-electron chi connectivity index (χ2n) is 9.46. The molecule has 0 spiro atoms. The molecule has 1 fully saturated rings. The summed E-state index contributed by atoms with van der Waals surface area (Å²) >= 11 is 0. The summed E-state index contributed by atoms with van der Waals surface area (Å²) in [6, 6.07) is 22.7. The second kappa shape index (κ2) is 11.5. The molecule has 1 aliphatic heterocycles. The summed E-state index contributed by atoms with van der Waals surface area (Å²) in [5.41, 5.74) is -0.707. The number of nitrogens with one attached hydrogen (secondary N) is 1. The van der Waals surface area contributed by atoms with Crippen LogP contribution in [0.2, 0.25) is 0 Å². The zero-order chi connectivity index (χ0) is 26.5. The van der Waals surface area contributed by atoms with Crippen LogP contribution in [0.1, 0.15) is 46.3 Å². The highest BCUT2D eigenvalue weighted by atomic mass is 19.4. The molecule has 0 aromatic heterocycles. The first-order valence-electron chi connectivity index (χ1n) is 12.3. The molecule has 0 aliphatic carbocycles. The van der Waals surface area contributed by atoms with E-state index in [0.717, 1.165) is 17.7 Å². The average Bonchev–Trinajstić information content (AvgIpc) is 2.91. The fourth-order valence-corrected chi connectivity index (χ4v) is 4.76. The molecule has 2 unspecified atom stereocenters. The number of benzene rings is 3. The molecule has 1 aliphatic rings. The van der Waals surface area contributed by atoms with Crippen LogP contribution in [0.3, 0.4) is 0 Å². The Bertz CT molecular complexity index is 1160. The van der Waals surface area contributed by atoms with Crippen molar-refractivity contribution in [2.24, 2.45) is 0 Å². The van der Waals surface area contributed by atoms with Crippen molar-refractivity contribution in [1.82, 2.24) is 10.2 Å². The zero-order valence-corrected chi connectivity index (χ0v) is 20.3. The lowest BCUT2D eigenvalue weighted by Gasteiger charge is -2.42. The maximum Gasteiger partial charge on any atom is 0.416 e. The number of Topliss-reactive ketones (excluding diaryl/α,β-unsaturated/α-hetero) is 1. The summed E-state index contributed by atoms with van der Waals surface area (Å²) in [6.07, 6.45) is -6.47. The van der Waals surface area contributed by atoms with Crippen LogP contribution in [0.25, 0.3) is 0 Å². The Balaban J connectivity index is 1.47. The quantitative estimate of drug-likeness (QED) is 0.284. The molecule has 2 atom stereocenters. The van der Waals surface area contributed by atoms with Gasteiger partial charge in [-0.15, -0.1) is 0 Å². The van der Waals surface area contributed by atoms with Gasteiger partial charge in [-0.3, -0.25) is 15.0 Å². The first kappa shape index (κ1) is 27.0. The van der Waals surface area contributed by atoms with Gasteiger partial charge in [0.1, 0.15) is 0 Å². The van der Waals surface area contributed by atoms with Gasteiger partial charge in [0.2, 0.25) is 0 Å². The maximum absolute atomic E-state index is 15.2. The SMILES string of the molecule is O=C(c1ccccc1)C(F)CC(NCc1ccccc1)N1CCC(O)(c2cccc(C(F)(F)F)c2)CC1. The van der Waals surface area contributed by atoms with E-state index in [0.29, 0.717) is 25.2 Å². The number of alkyl halides is 4. The van der Waals surface area contributed by atoms with E-state index in [2.05, 4.69) is 5.32 Å². The van der Waals surface area contributed by atoms with E-state index in [1.54, 1.807) is 30.3 Å². The van der Waals surface area contributed by atoms with Crippen molar-refractivity contribution in [3.63, 3.8) is 0 Å². The van der Waals surface area contributed by atoms with E-state index in [1.165, 1.54) is 12.1 Å². The van der Waals surface area contributed by atoms with Crippen molar-refractivity contribution < 1.29 is 27.5 Å². The Labute approximate surface area is 213 Å². The summed E-state index contributed by atoms with van der Waals surface area (Å²) in [5, 5.41) is 14.6. The number of rotatable bonds is 9. The predicted molar refractivity (Wildman–Crippen MR) is 134 cm³/mol. The van der Waals surface area contributed by atoms with Crippen molar-refractivity contribution in [1.29, 1.82) is 0 Å². The smallest absolute Gasteiger partial charge is 0.385 e. The van der Waals surface area contributed by atoms with E-state index in [4.69, 9.17) is 0 Å². The van der Waals surface area contributed by atoms with Gasteiger partial charge in [0, 0.05) is 31.6 Å². The van der Waals surface area contributed by atoms with Gasteiger partial charge < -0.3 is 5.11 Å². The molecule has 4 nitrogen and oxygen atoms in total. The van der Waals surface area contributed by atoms with Gasteiger partial charge in [-0.2, -0.15) is 13.2 Å². The Morgan fingerprint density at radius 1 is 0.946 bits per heavy atom. The Hall–Kier alpha value is -3.07. The lowest BCUT2D eigenvalue weighted by atomic mass is 9.83. The van der Waals surface area contributed by atoms with Crippen LogP contribution in [0, 0.1) is 0 Å². The predicted octanol–water partition coefficient (Wildman–Crippen LogP) is 5.72. The topological polar surface area (TPSA) is 52.6 Å². The van der Waals surface area contributed by atoms with Crippen LogP contribution >= 0.6 is 0 Å². The number of carbonyl (C=O) groups excluding carboxylic acids is 1. The number of hydrogen-bond acceptors (Lipinski definition) is 4. The molecule has 1 heterocycles. The van der Waals surface area contributed by atoms with E-state index in [-0.39, 0.29) is 24.8 Å². The molecule has 0 amide bonds. The fraction of sp³-hybridized carbons (Fsp3) is 0.345. The Kier molecular flexibility index (Phi) is 8.42. The summed E-state index contributed by atoms with van der Waals surface area (Å²) in [4.78, 5) is 14.6. The first-order valence-corrected chi connectivity index (χ1v) is 12.3. The molecule has 4 rings (SSSR count). The number of hydrogen-bond donors (Lipinski definition) is 2. The number of aliphatic hydroxyl groups is 1. The largest absolute Gasteiger partial charge is 0.416 e. The first-order chi connectivity index (χ1) is 17.7. The van der Waals surface area contributed by atoms with Crippen LogP contribution in [-0.2, 0) is 18.3 Å². The van der Waals surface area contributed by atoms with Gasteiger partial charge in [0.15, 0.2) is 12.0 Å². The number of piperidine rings is 1. The highest BCUT2D eigenvalue weighted by Crippen LogP contribution is 2.37. The second-order valence-corrected chi connectivity index (χ2v) is 9.46. The highest BCUT2D eigenvalue weighted by molar-refractivity contribution is 5.99. The van der Waals surface area contributed by atoms with E-state index < -0.39 is 35.5 Å². The highest BCUT2D eigenvalue weighted by Gasteiger charge is 2.39. The molecule has 37 heavy (non-hydrogen) atoms. The molecule has 3 aromatic rings. The van der Waals surface area contributed by atoms with Crippen LogP contribution < -0.4 is 5.32 Å². The minimum absolute atomic E-state index is 0.0947. The number of likely N-dealkylation sites (tertiary alicyclic amines) is 1. The maximum atomic E-state index is 15.2. The fourth-order valence-electron chi connectivity index (χ4n) is 4.76. The number of carbonyl (C=O) groups is 1. The molecular formula is C29H30F4N2O2. The molecule has 3 aromatic carbocycles. The van der Waals surface area contributed by atoms with E-state index in [1.807, 2.05) is 35.2 Å². The summed E-state index contributed by atoms with van der Waals surface area (Å²) in [5.74, 6) is -0.593.